The third-order valence-electron chi connectivity index (χ3n) is 15.6. The SMILES string of the molecule is CC1(C)c2ccccc2-c2cc3c4cc(-c5ccc(N(c6ccc(-c7ccc8oc9ccccc9c8c7)cc6)c6ccc(-c7ccc8oc9ccccc9c8c7)cc6)cc5)ccc4n(-c4ccccc4)c3cc21. The van der Waals surface area contributed by atoms with Gasteiger partial charge in [-0.05, 0) is 165 Å². The molecule has 3 aromatic heterocycles. The Hall–Kier alpha value is -9.38. The second-order valence-electron chi connectivity index (χ2n) is 20.1. The van der Waals surface area contributed by atoms with Gasteiger partial charge in [-0.25, -0.2) is 0 Å². The van der Waals surface area contributed by atoms with Crippen molar-refractivity contribution in [1.82, 2.24) is 4.57 Å². The Morgan fingerprint density at radius 1 is 0.315 bits per heavy atom. The molecule has 0 saturated heterocycles. The maximum absolute atomic E-state index is 6.17. The van der Waals surface area contributed by atoms with Crippen LogP contribution in [-0.2, 0) is 5.41 Å². The Morgan fingerprint density at radius 2 is 0.753 bits per heavy atom. The highest BCUT2D eigenvalue weighted by atomic mass is 16.3. The molecule has 0 unspecified atom stereocenters. The summed E-state index contributed by atoms with van der Waals surface area (Å²) in [5.41, 5.74) is 22.7. The minimum Gasteiger partial charge on any atom is -0.456 e. The van der Waals surface area contributed by atoms with Crippen molar-refractivity contribution in [2.45, 2.75) is 19.3 Å². The number of furan rings is 2. The van der Waals surface area contributed by atoms with Gasteiger partial charge in [-0.1, -0.05) is 147 Å². The first-order valence-corrected chi connectivity index (χ1v) is 25.1. The summed E-state index contributed by atoms with van der Waals surface area (Å²) in [5, 5.41) is 7.01. The van der Waals surface area contributed by atoms with Gasteiger partial charge in [0.25, 0.3) is 0 Å². The van der Waals surface area contributed by atoms with Crippen molar-refractivity contribution in [3.63, 3.8) is 0 Å². The van der Waals surface area contributed by atoms with Crippen molar-refractivity contribution in [3.8, 4) is 50.2 Å². The number of anilines is 3. The lowest BCUT2D eigenvalue weighted by Crippen LogP contribution is -2.14. The maximum Gasteiger partial charge on any atom is 0.135 e. The van der Waals surface area contributed by atoms with Gasteiger partial charge in [0, 0.05) is 60.5 Å². The minimum absolute atomic E-state index is 0.0977. The third-order valence-corrected chi connectivity index (χ3v) is 15.6. The van der Waals surface area contributed by atoms with Crippen molar-refractivity contribution in [2.75, 3.05) is 4.90 Å². The Labute approximate surface area is 422 Å². The number of fused-ring (bicyclic) bond motifs is 12. The zero-order valence-corrected chi connectivity index (χ0v) is 40.3. The van der Waals surface area contributed by atoms with Crippen LogP contribution in [0.2, 0.25) is 0 Å². The molecular formula is C69H46N2O2. The summed E-state index contributed by atoms with van der Waals surface area (Å²) in [7, 11) is 0. The van der Waals surface area contributed by atoms with E-state index < -0.39 is 0 Å². The van der Waals surface area contributed by atoms with E-state index in [-0.39, 0.29) is 5.41 Å². The molecule has 1 aliphatic rings. The molecule has 73 heavy (non-hydrogen) atoms. The average Bonchev–Trinajstić information content (AvgIpc) is 4.17. The van der Waals surface area contributed by atoms with E-state index in [1.807, 2.05) is 24.3 Å². The number of benzene rings is 11. The summed E-state index contributed by atoms with van der Waals surface area (Å²) in [5.74, 6) is 0. The molecule has 3 heterocycles. The smallest absolute Gasteiger partial charge is 0.135 e. The second-order valence-corrected chi connectivity index (χ2v) is 20.1. The summed E-state index contributed by atoms with van der Waals surface area (Å²) >= 11 is 0. The van der Waals surface area contributed by atoms with Gasteiger partial charge in [-0.15, -0.1) is 0 Å². The highest BCUT2D eigenvalue weighted by Gasteiger charge is 2.36. The Morgan fingerprint density at radius 3 is 1.32 bits per heavy atom. The molecule has 1 aliphatic carbocycles. The summed E-state index contributed by atoms with van der Waals surface area (Å²) in [6.07, 6.45) is 0. The molecule has 0 amide bonds. The van der Waals surface area contributed by atoms with Gasteiger partial charge in [0.15, 0.2) is 0 Å². The predicted molar refractivity (Wildman–Crippen MR) is 304 cm³/mol. The van der Waals surface area contributed by atoms with Crippen molar-refractivity contribution >= 4 is 82.7 Å². The molecule has 4 nitrogen and oxygen atoms in total. The molecule has 344 valence electrons. The maximum atomic E-state index is 6.17. The zero-order chi connectivity index (χ0) is 48.4. The molecule has 4 heteroatoms. The van der Waals surface area contributed by atoms with Crippen LogP contribution >= 0.6 is 0 Å². The molecule has 0 saturated carbocycles. The first-order chi connectivity index (χ1) is 35.9. The standard InChI is InChI=1S/C69H46N2O2/c1-69(2)61-17-9-6-14-53(61)56-41-58-57-38-46(26-35-63(57)71(64(58)42-62(56)69)49-12-4-3-5-13-49)43-20-29-50(30-21-43)70(51-31-22-44(23-32-51)47-27-36-67-59(39-47)54-15-7-10-18-65(54)72-67)52-33-24-45(25-34-52)48-28-37-68-60(40-48)55-16-8-11-19-66(55)73-68/h3-42H,1-2H3. The molecule has 0 spiro atoms. The molecule has 0 fully saturated rings. The van der Waals surface area contributed by atoms with Crippen LogP contribution < -0.4 is 4.90 Å². The number of hydrogen-bond acceptors (Lipinski definition) is 3. The van der Waals surface area contributed by atoms with Crippen molar-refractivity contribution < 1.29 is 8.83 Å². The molecule has 0 bridgehead atoms. The van der Waals surface area contributed by atoms with Gasteiger partial charge in [0.05, 0.1) is 11.0 Å². The largest absolute Gasteiger partial charge is 0.456 e. The van der Waals surface area contributed by atoms with Gasteiger partial charge < -0.3 is 18.3 Å². The number of nitrogens with zero attached hydrogens (tertiary/aromatic N) is 2. The first-order valence-electron chi connectivity index (χ1n) is 25.1. The van der Waals surface area contributed by atoms with Crippen LogP contribution in [0, 0.1) is 0 Å². The van der Waals surface area contributed by atoms with Gasteiger partial charge >= 0.3 is 0 Å². The van der Waals surface area contributed by atoms with Gasteiger partial charge in [0.2, 0.25) is 0 Å². The zero-order valence-electron chi connectivity index (χ0n) is 40.3. The van der Waals surface area contributed by atoms with Gasteiger partial charge in [-0.3, -0.25) is 0 Å². The fourth-order valence-electron chi connectivity index (χ4n) is 11.9. The fraction of sp³-hybridized carbons (Fsp3) is 0.0435. The molecule has 0 N–H and O–H groups in total. The molecule has 0 atom stereocenters. The monoisotopic (exact) mass is 934 g/mol. The van der Waals surface area contributed by atoms with Crippen LogP contribution in [-0.4, -0.2) is 4.57 Å². The Bertz CT molecular complexity index is 4340. The van der Waals surface area contributed by atoms with E-state index in [0.29, 0.717) is 0 Å². The molecule has 11 aromatic carbocycles. The van der Waals surface area contributed by atoms with Crippen LogP contribution in [0.5, 0.6) is 0 Å². The lowest BCUT2D eigenvalue weighted by atomic mass is 9.82. The summed E-state index contributed by atoms with van der Waals surface area (Å²) in [4.78, 5) is 2.35. The average molecular weight is 935 g/mol. The van der Waals surface area contributed by atoms with E-state index in [0.717, 1.165) is 94.4 Å². The quantitative estimate of drug-likeness (QED) is 0.160. The van der Waals surface area contributed by atoms with E-state index in [9.17, 15) is 0 Å². The predicted octanol–water partition coefficient (Wildman–Crippen LogP) is 19.4. The van der Waals surface area contributed by atoms with E-state index in [4.69, 9.17) is 8.83 Å². The van der Waals surface area contributed by atoms with Crippen molar-refractivity contribution in [3.05, 3.63) is 254 Å². The highest BCUT2D eigenvalue weighted by molar-refractivity contribution is 6.13. The summed E-state index contributed by atoms with van der Waals surface area (Å²) < 4.78 is 14.8. The van der Waals surface area contributed by atoms with E-state index in [1.54, 1.807) is 0 Å². The summed E-state index contributed by atoms with van der Waals surface area (Å²) in [6, 6.07) is 88.1. The van der Waals surface area contributed by atoms with Crippen LogP contribution in [0.15, 0.2) is 251 Å². The van der Waals surface area contributed by atoms with Crippen molar-refractivity contribution in [2.24, 2.45) is 0 Å². The Kier molecular flexibility index (Phi) is 8.97. The number of hydrogen-bond donors (Lipinski definition) is 0. The van der Waals surface area contributed by atoms with Crippen LogP contribution in [0.4, 0.5) is 17.1 Å². The van der Waals surface area contributed by atoms with E-state index >= 15 is 0 Å². The molecule has 0 radical (unpaired) electrons. The third kappa shape index (κ3) is 6.47. The second kappa shape index (κ2) is 15.8. The first kappa shape index (κ1) is 41.4. The highest BCUT2D eigenvalue weighted by Crippen LogP contribution is 2.51. The van der Waals surface area contributed by atoms with Crippen LogP contribution in [0.25, 0.3) is 116 Å². The van der Waals surface area contributed by atoms with Crippen LogP contribution in [0.1, 0.15) is 25.0 Å². The van der Waals surface area contributed by atoms with Crippen molar-refractivity contribution in [1.29, 1.82) is 0 Å². The molecule has 0 aliphatic heterocycles. The molecule has 15 rings (SSSR count). The van der Waals surface area contributed by atoms with Crippen LogP contribution in [0.3, 0.4) is 0 Å². The van der Waals surface area contributed by atoms with Gasteiger partial charge in [0.1, 0.15) is 22.3 Å². The summed E-state index contributed by atoms with van der Waals surface area (Å²) in [6.45, 7) is 4.72. The minimum atomic E-state index is -0.0977. The lowest BCUT2D eigenvalue weighted by molar-refractivity contribution is 0.661. The molecule has 14 aromatic rings. The fourth-order valence-corrected chi connectivity index (χ4v) is 11.9. The normalized spacial score (nSPS) is 12.9. The van der Waals surface area contributed by atoms with Gasteiger partial charge in [-0.2, -0.15) is 0 Å². The Balaban J connectivity index is 0.826. The molecular weight excluding hydrogens is 889 g/mol. The van der Waals surface area contributed by atoms with E-state index in [1.165, 1.54) is 49.6 Å². The number of aromatic nitrogens is 1. The number of rotatable bonds is 7. The lowest BCUT2D eigenvalue weighted by Gasteiger charge is -2.26. The number of para-hydroxylation sites is 3. The van der Waals surface area contributed by atoms with E-state index in [2.05, 4.69) is 242 Å². The topological polar surface area (TPSA) is 34.5 Å².